The number of anilines is 2. The Morgan fingerprint density at radius 3 is 2.80 bits per heavy atom. The molecule has 0 heterocycles. The number of rotatable bonds is 5. The summed E-state index contributed by atoms with van der Waals surface area (Å²) >= 11 is 0. The van der Waals surface area contributed by atoms with Crippen molar-refractivity contribution < 1.29 is 4.74 Å². The van der Waals surface area contributed by atoms with Gasteiger partial charge in [0.25, 0.3) is 0 Å². The van der Waals surface area contributed by atoms with E-state index in [0.717, 1.165) is 30.0 Å². The van der Waals surface area contributed by atoms with Crippen molar-refractivity contribution in [3.8, 4) is 0 Å². The summed E-state index contributed by atoms with van der Waals surface area (Å²) in [6.45, 7) is 4.94. The van der Waals surface area contributed by atoms with Gasteiger partial charge in [-0.05, 0) is 44.0 Å². The van der Waals surface area contributed by atoms with E-state index in [0.29, 0.717) is 6.04 Å². The van der Waals surface area contributed by atoms with Crippen LogP contribution in [0.4, 0.5) is 11.4 Å². The van der Waals surface area contributed by atoms with Gasteiger partial charge in [0.15, 0.2) is 0 Å². The van der Waals surface area contributed by atoms with Gasteiger partial charge in [-0.3, -0.25) is 0 Å². The number of nitrogen functional groups attached to an aromatic ring is 1. The number of hydrogen-bond acceptors (Lipinski definition) is 3. The Balaban J connectivity index is 2.53. The van der Waals surface area contributed by atoms with Crippen LogP contribution < -0.4 is 11.1 Å². The Bertz CT molecular complexity index is 312. The summed E-state index contributed by atoms with van der Waals surface area (Å²) in [6, 6.07) is 6.42. The molecule has 0 spiro atoms. The van der Waals surface area contributed by atoms with Crippen LogP contribution >= 0.6 is 0 Å². The van der Waals surface area contributed by atoms with Crippen LogP contribution in [0.3, 0.4) is 0 Å². The number of ether oxygens (including phenoxy) is 1. The van der Waals surface area contributed by atoms with Crippen molar-refractivity contribution in [3.05, 3.63) is 23.8 Å². The summed E-state index contributed by atoms with van der Waals surface area (Å²) in [7, 11) is 1.72. The van der Waals surface area contributed by atoms with E-state index in [9.17, 15) is 0 Å². The van der Waals surface area contributed by atoms with Crippen LogP contribution in [-0.4, -0.2) is 19.8 Å². The highest BCUT2D eigenvalue weighted by atomic mass is 16.5. The Kier molecular flexibility index (Phi) is 4.43. The molecule has 0 amide bonds. The summed E-state index contributed by atoms with van der Waals surface area (Å²) < 4.78 is 5.03. The van der Waals surface area contributed by atoms with E-state index >= 15 is 0 Å². The molecule has 0 aromatic heterocycles. The monoisotopic (exact) mass is 208 g/mol. The highest BCUT2D eigenvalue weighted by Gasteiger charge is 2.02. The summed E-state index contributed by atoms with van der Waals surface area (Å²) in [5.74, 6) is 0. The summed E-state index contributed by atoms with van der Waals surface area (Å²) in [5, 5.41) is 3.41. The molecule has 0 bridgehead atoms. The first-order valence-corrected chi connectivity index (χ1v) is 5.25. The normalized spacial score (nSPS) is 12.5. The maximum absolute atomic E-state index is 5.75. The molecule has 3 heteroatoms. The number of nitrogens with one attached hydrogen (secondary N) is 1. The molecule has 0 aliphatic carbocycles. The Hall–Kier alpha value is -1.22. The highest BCUT2D eigenvalue weighted by molar-refractivity contribution is 5.56. The summed E-state index contributed by atoms with van der Waals surface area (Å²) in [5.41, 5.74) is 8.82. The number of aryl methyl sites for hydroxylation is 1. The molecule has 1 atom stereocenters. The topological polar surface area (TPSA) is 47.3 Å². The predicted octanol–water partition coefficient (Wildman–Crippen LogP) is 2.41. The molecule has 0 aliphatic rings. The maximum atomic E-state index is 5.75. The quantitative estimate of drug-likeness (QED) is 0.730. The third-order valence-electron chi connectivity index (χ3n) is 2.44. The van der Waals surface area contributed by atoms with E-state index in [4.69, 9.17) is 10.5 Å². The van der Waals surface area contributed by atoms with E-state index in [2.05, 4.69) is 18.3 Å². The Labute approximate surface area is 91.6 Å². The van der Waals surface area contributed by atoms with Gasteiger partial charge in [-0.2, -0.15) is 0 Å². The number of benzene rings is 1. The number of hydrogen-bond donors (Lipinski definition) is 2. The van der Waals surface area contributed by atoms with Crippen molar-refractivity contribution in [2.75, 3.05) is 24.8 Å². The molecule has 3 N–H and O–H groups in total. The van der Waals surface area contributed by atoms with Gasteiger partial charge in [-0.1, -0.05) is 0 Å². The molecule has 84 valence electrons. The molecule has 15 heavy (non-hydrogen) atoms. The first kappa shape index (κ1) is 11.9. The van der Waals surface area contributed by atoms with Crippen molar-refractivity contribution in [1.29, 1.82) is 0 Å². The fraction of sp³-hybridized carbons (Fsp3) is 0.500. The largest absolute Gasteiger partial charge is 0.399 e. The van der Waals surface area contributed by atoms with Crippen molar-refractivity contribution in [2.45, 2.75) is 26.3 Å². The van der Waals surface area contributed by atoms with Gasteiger partial charge in [0.1, 0.15) is 0 Å². The second-order valence-electron chi connectivity index (χ2n) is 3.90. The minimum atomic E-state index is 0.410. The zero-order valence-corrected chi connectivity index (χ0v) is 9.71. The van der Waals surface area contributed by atoms with Crippen LogP contribution in [0.25, 0.3) is 0 Å². The molecule has 0 aliphatic heterocycles. The predicted molar refractivity (Wildman–Crippen MR) is 65.2 cm³/mol. The van der Waals surface area contributed by atoms with Gasteiger partial charge in [0.2, 0.25) is 0 Å². The molecule has 1 unspecified atom stereocenters. The molecule has 0 saturated heterocycles. The van der Waals surface area contributed by atoms with Crippen molar-refractivity contribution in [1.82, 2.24) is 0 Å². The minimum Gasteiger partial charge on any atom is -0.399 e. The lowest BCUT2D eigenvalue weighted by Crippen LogP contribution is -2.17. The average molecular weight is 208 g/mol. The second kappa shape index (κ2) is 5.61. The van der Waals surface area contributed by atoms with E-state index in [1.54, 1.807) is 7.11 Å². The molecular weight excluding hydrogens is 188 g/mol. The molecule has 1 rings (SSSR count). The lowest BCUT2D eigenvalue weighted by atomic mass is 10.1. The first-order chi connectivity index (χ1) is 7.13. The van der Waals surface area contributed by atoms with Gasteiger partial charge in [-0.15, -0.1) is 0 Å². The smallest absolute Gasteiger partial charge is 0.0481 e. The fourth-order valence-corrected chi connectivity index (χ4v) is 1.42. The lowest BCUT2D eigenvalue weighted by molar-refractivity contribution is 0.191. The van der Waals surface area contributed by atoms with Crippen LogP contribution in [0.2, 0.25) is 0 Å². The Morgan fingerprint density at radius 1 is 1.47 bits per heavy atom. The third kappa shape index (κ3) is 3.80. The maximum Gasteiger partial charge on any atom is 0.0481 e. The van der Waals surface area contributed by atoms with E-state index in [1.807, 2.05) is 19.1 Å². The number of methoxy groups -OCH3 is 1. The standard InChI is InChI=1S/C12H20N2O/c1-9-8-11(4-5-12(9)13)14-10(2)6-7-15-3/h4-5,8,10,14H,6-7,13H2,1-3H3. The highest BCUT2D eigenvalue weighted by Crippen LogP contribution is 2.17. The summed E-state index contributed by atoms with van der Waals surface area (Å²) in [4.78, 5) is 0. The van der Waals surface area contributed by atoms with Gasteiger partial charge >= 0.3 is 0 Å². The van der Waals surface area contributed by atoms with E-state index in [1.165, 1.54) is 0 Å². The lowest BCUT2D eigenvalue weighted by Gasteiger charge is -2.15. The van der Waals surface area contributed by atoms with Crippen molar-refractivity contribution >= 4 is 11.4 Å². The molecule has 0 saturated carbocycles. The van der Waals surface area contributed by atoms with E-state index < -0.39 is 0 Å². The molecule has 1 aromatic carbocycles. The third-order valence-corrected chi connectivity index (χ3v) is 2.44. The first-order valence-electron chi connectivity index (χ1n) is 5.25. The Morgan fingerprint density at radius 2 is 2.20 bits per heavy atom. The SMILES string of the molecule is COCCC(C)Nc1ccc(N)c(C)c1. The molecule has 1 aromatic rings. The van der Waals surface area contributed by atoms with Gasteiger partial charge in [0, 0.05) is 31.1 Å². The second-order valence-corrected chi connectivity index (χ2v) is 3.90. The van der Waals surface area contributed by atoms with Crippen LogP contribution in [0.5, 0.6) is 0 Å². The average Bonchev–Trinajstić information content (AvgIpc) is 2.20. The van der Waals surface area contributed by atoms with Gasteiger partial charge in [-0.25, -0.2) is 0 Å². The molecule has 3 nitrogen and oxygen atoms in total. The summed E-state index contributed by atoms with van der Waals surface area (Å²) in [6.07, 6.45) is 1.000. The zero-order valence-electron chi connectivity index (χ0n) is 9.71. The molecular formula is C12H20N2O. The van der Waals surface area contributed by atoms with Gasteiger partial charge < -0.3 is 15.8 Å². The van der Waals surface area contributed by atoms with Gasteiger partial charge in [0.05, 0.1) is 0 Å². The zero-order chi connectivity index (χ0) is 11.3. The van der Waals surface area contributed by atoms with Crippen molar-refractivity contribution in [2.24, 2.45) is 0 Å². The van der Waals surface area contributed by atoms with Crippen LogP contribution in [-0.2, 0) is 4.74 Å². The molecule has 0 radical (unpaired) electrons. The minimum absolute atomic E-state index is 0.410. The van der Waals surface area contributed by atoms with E-state index in [-0.39, 0.29) is 0 Å². The fourth-order valence-electron chi connectivity index (χ4n) is 1.42. The van der Waals surface area contributed by atoms with Crippen molar-refractivity contribution in [3.63, 3.8) is 0 Å². The number of nitrogens with two attached hydrogens (primary N) is 1. The molecule has 0 fully saturated rings. The van der Waals surface area contributed by atoms with Crippen LogP contribution in [0, 0.1) is 6.92 Å². The van der Waals surface area contributed by atoms with Crippen LogP contribution in [0.15, 0.2) is 18.2 Å². The van der Waals surface area contributed by atoms with Crippen LogP contribution in [0.1, 0.15) is 18.9 Å².